The van der Waals surface area contributed by atoms with Gasteiger partial charge in [0.05, 0.1) is 21.9 Å². The molecule has 0 unspecified atom stereocenters. The first-order chi connectivity index (χ1) is 48.8. The molecule has 0 aliphatic heterocycles. The third-order valence-corrected chi connectivity index (χ3v) is 16.2. The maximum atomic E-state index is 9.32. The highest BCUT2D eigenvalue weighted by Crippen LogP contribution is 2.48. The minimum absolute atomic E-state index is 0.168. The van der Waals surface area contributed by atoms with Crippen molar-refractivity contribution in [1.82, 2.24) is 0 Å². The molecule has 0 fully saturated rings. The van der Waals surface area contributed by atoms with Gasteiger partial charge in [0.25, 0.3) is 0 Å². The number of hydrogen-bond acceptors (Lipinski definition) is 1. The van der Waals surface area contributed by atoms with Crippen LogP contribution >= 0.6 is 0 Å². The van der Waals surface area contributed by atoms with E-state index >= 15 is 0 Å². The first-order valence-corrected chi connectivity index (χ1v) is 28.0. The predicted octanol–water partition coefficient (Wildman–Crippen LogP) is 23.9. The van der Waals surface area contributed by atoms with Gasteiger partial charge in [-0.25, -0.2) is 0 Å². The molecule has 0 spiro atoms. The quantitative estimate of drug-likeness (QED) is 0.145. The topological polar surface area (TPSA) is 13.1 Å². The summed E-state index contributed by atoms with van der Waals surface area (Å²) < 4.78 is 150. The van der Waals surface area contributed by atoms with Crippen LogP contribution in [0.5, 0.6) is 0 Å². The van der Waals surface area contributed by atoms with E-state index in [1.807, 2.05) is 218 Å². The van der Waals surface area contributed by atoms with Gasteiger partial charge in [-0.2, -0.15) is 0 Å². The van der Waals surface area contributed by atoms with Gasteiger partial charge in [-0.3, -0.25) is 0 Å². The molecule has 0 atom stereocenters. The lowest BCUT2D eigenvalue weighted by molar-refractivity contribution is 0.669. The van der Waals surface area contributed by atoms with Gasteiger partial charge in [-0.05, 0) is 167 Å². The fourth-order valence-electron chi connectivity index (χ4n) is 12.3. The summed E-state index contributed by atoms with van der Waals surface area (Å²) in [5, 5.41) is 7.05. The standard InChI is InChI=1S/C42H26O.C42H28/c1-2-10-27(11-3-1)28-18-20-29(21-19-28)41-34-14-6-8-16-36(34)42(37-17-9-7-15-35(37)41)32-22-23-33-38-24-30-12-4-5-13-31(30)25-40(38)43-39(33)26-32;1-3-13-29(14-4-1)30-23-25-32(26-24-30)41-36-19-9-11-21-38(36)42(39-22-12-10-20-37(39)41)40-28-27-33(31-15-5-2-6-16-31)34-17-7-8-18-35(34)40/h1-26H;1-28H/i6D,7D,8D,9D,14D,15D,16D,17D;9D,10D,11D,12D,19D,20D,21D,22D. The molecule has 0 saturated carbocycles. The van der Waals surface area contributed by atoms with Crippen LogP contribution in [0.25, 0.3) is 164 Å². The molecular formula is C84H54O. The highest BCUT2D eigenvalue weighted by atomic mass is 16.3. The van der Waals surface area contributed by atoms with Crippen molar-refractivity contribution in [3.8, 4) is 77.9 Å². The number of furan rings is 1. The van der Waals surface area contributed by atoms with Crippen molar-refractivity contribution in [3.63, 3.8) is 0 Å². The lowest BCUT2D eigenvalue weighted by Gasteiger charge is -2.20. The van der Waals surface area contributed by atoms with Crippen LogP contribution in [0.3, 0.4) is 0 Å². The van der Waals surface area contributed by atoms with E-state index in [9.17, 15) is 11.0 Å². The molecule has 0 N–H and O–H groups in total. The summed E-state index contributed by atoms with van der Waals surface area (Å²) in [6, 6.07) is 68.2. The molecule has 0 saturated heterocycles. The molecule has 85 heavy (non-hydrogen) atoms. The molecule has 0 amide bonds. The van der Waals surface area contributed by atoms with E-state index < -0.39 is 48.3 Å². The number of hydrogen-bond donors (Lipinski definition) is 0. The van der Waals surface area contributed by atoms with E-state index in [0.29, 0.717) is 50.1 Å². The van der Waals surface area contributed by atoms with E-state index in [4.69, 9.17) is 15.4 Å². The monoisotopic (exact) mass is 1090 g/mol. The largest absolute Gasteiger partial charge is 0.456 e. The lowest BCUT2D eigenvalue weighted by atomic mass is 9.83. The molecule has 17 aromatic rings. The Bertz CT molecular complexity index is 6200. The van der Waals surface area contributed by atoms with Gasteiger partial charge >= 0.3 is 0 Å². The Balaban J connectivity index is 0.000000157. The fourth-order valence-corrected chi connectivity index (χ4v) is 12.3. The Labute approximate surface area is 516 Å². The molecule has 16 aromatic carbocycles. The van der Waals surface area contributed by atoms with Crippen molar-refractivity contribution in [2.75, 3.05) is 0 Å². The van der Waals surface area contributed by atoms with Gasteiger partial charge in [0.2, 0.25) is 0 Å². The third kappa shape index (κ3) is 8.72. The molecule has 0 aliphatic carbocycles. The molecule has 0 aliphatic rings. The minimum Gasteiger partial charge on any atom is -0.456 e. The highest BCUT2D eigenvalue weighted by Gasteiger charge is 2.21. The summed E-state index contributed by atoms with van der Waals surface area (Å²) in [6.45, 7) is 0. The molecule has 1 nitrogen and oxygen atoms in total. The van der Waals surface area contributed by atoms with E-state index in [0.717, 1.165) is 65.7 Å². The molecule has 0 bridgehead atoms. The Morgan fingerprint density at radius 2 is 0.529 bits per heavy atom. The van der Waals surface area contributed by atoms with E-state index in [-0.39, 0.29) is 97.0 Å². The molecule has 396 valence electrons. The third-order valence-electron chi connectivity index (χ3n) is 16.2. The van der Waals surface area contributed by atoms with Crippen LogP contribution in [0.4, 0.5) is 0 Å². The van der Waals surface area contributed by atoms with Crippen molar-refractivity contribution in [2.45, 2.75) is 0 Å². The van der Waals surface area contributed by atoms with Crippen molar-refractivity contribution in [3.05, 3.63) is 327 Å². The average molecular weight is 1100 g/mol. The average Bonchev–Trinajstić information content (AvgIpc) is 1.29. The SMILES string of the molecule is [2H]c1c([2H])c([2H])c2c(-c3ccc(-c4ccccc4)c4ccccc34)c3c([2H])c([2H])c([2H])c([2H])c3c(-c3ccc(-c4ccccc4)cc3)c2c1[2H].[2H]c1c([2H])c([2H])c2c(-c3ccc4c(c3)oc3cc5ccccc5cc34)c3c([2H])c([2H])c([2H])c([2H])c3c(-c3ccc(-c4ccccc4)cc3)c2c1[2H]. The van der Waals surface area contributed by atoms with Gasteiger partial charge in [-0.15, -0.1) is 0 Å². The van der Waals surface area contributed by atoms with Crippen LogP contribution in [-0.4, -0.2) is 0 Å². The summed E-state index contributed by atoms with van der Waals surface area (Å²) in [4.78, 5) is 0. The van der Waals surface area contributed by atoms with Gasteiger partial charge < -0.3 is 4.42 Å². The smallest absolute Gasteiger partial charge is 0.136 e. The maximum Gasteiger partial charge on any atom is 0.136 e. The summed E-state index contributed by atoms with van der Waals surface area (Å²) >= 11 is 0. The first kappa shape index (κ1) is 35.7. The predicted molar refractivity (Wildman–Crippen MR) is 363 cm³/mol. The molecule has 0 radical (unpaired) electrons. The van der Waals surface area contributed by atoms with Crippen LogP contribution in [0.1, 0.15) is 21.9 Å². The molecular weight excluding hydrogens is 1020 g/mol. The molecule has 1 aromatic heterocycles. The van der Waals surface area contributed by atoms with Gasteiger partial charge in [0, 0.05) is 10.8 Å². The Kier molecular flexibility index (Phi) is 8.82. The van der Waals surface area contributed by atoms with Crippen molar-refractivity contribution >= 4 is 86.6 Å². The molecule has 1 heteroatoms. The Hall–Kier alpha value is -11.1. The second kappa shape index (κ2) is 21.0. The normalized spacial score (nSPS) is 14.2. The summed E-state index contributed by atoms with van der Waals surface area (Å²) in [5.74, 6) is 0. The van der Waals surface area contributed by atoms with Crippen LogP contribution in [-0.2, 0) is 0 Å². The van der Waals surface area contributed by atoms with Crippen molar-refractivity contribution in [2.24, 2.45) is 0 Å². The van der Waals surface area contributed by atoms with E-state index in [1.54, 1.807) is 6.07 Å². The van der Waals surface area contributed by atoms with Crippen LogP contribution in [0, 0.1) is 0 Å². The first-order valence-electron chi connectivity index (χ1n) is 36.0. The van der Waals surface area contributed by atoms with Gasteiger partial charge in [0.1, 0.15) is 11.2 Å². The zero-order valence-corrected chi connectivity index (χ0v) is 45.3. The zero-order valence-electron chi connectivity index (χ0n) is 61.3. The van der Waals surface area contributed by atoms with E-state index in [2.05, 4.69) is 6.07 Å². The zero-order chi connectivity index (χ0) is 70.1. The van der Waals surface area contributed by atoms with Crippen molar-refractivity contribution < 1.29 is 26.3 Å². The van der Waals surface area contributed by atoms with E-state index in [1.165, 1.54) is 0 Å². The van der Waals surface area contributed by atoms with Crippen molar-refractivity contribution in [1.29, 1.82) is 0 Å². The summed E-state index contributed by atoms with van der Waals surface area (Å²) in [6.07, 6.45) is 0. The number of rotatable bonds is 7. The van der Waals surface area contributed by atoms with Gasteiger partial charge in [0.15, 0.2) is 0 Å². The Morgan fingerprint density at radius 3 is 1.00 bits per heavy atom. The lowest BCUT2D eigenvalue weighted by Crippen LogP contribution is -1.92. The number of benzene rings is 16. The van der Waals surface area contributed by atoms with Crippen LogP contribution in [0.2, 0.25) is 0 Å². The van der Waals surface area contributed by atoms with Crippen LogP contribution < -0.4 is 0 Å². The highest BCUT2D eigenvalue weighted by molar-refractivity contribution is 6.25. The second-order valence-electron chi connectivity index (χ2n) is 21.0. The fraction of sp³-hybridized carbons (Fsp3) is 0. The maximum absolute atomic E-state index is 9.32. The molecule has 1 heterocycles. The Morgan fingerprint density at radius 1 is 0.200 bits per heavy atom. The van der Waals surface area contributed by atoms with Crippen LogP contribution in [0.15, 0.2) is 332 Å². The summed E-state index contributed by atoms with van der Waals surface area (Å²) in [7, 11) is 0. The second-order valence-corrected chi connectivity index (χ2v) is 21.0. The minimum atomic E-state index is -0.434. The summed E-state index contributed by atoms with van der Waals surface area (Å²) in [5.41, 5.74) is 10.6. The number of fused-ring (bicyclic) bond motifs is 9. The molecule has 17 rings (SSSR count). The van der Waals surface area contributed by atoms with Gasteiger partial charge in [-0.1, -0.05) is 303 Å².